The molecule has 0 aromatic carbocycles. The first-order chi connectivity index (χ1) is 29.5. The number of esters is 1. The summed E-state index contributed by atoms with van der Waals surface area (Å²) in [5, 5.41) is 23.1. The Morgan fingerprint density at radius 3 is 1.28 bits per heavy atom. The molecule has 2 unspecified atom stereocenters. The SMILES string of the molecule is CCCCCCCC/C=C\CCCCCCCC(=O)OCCCCC/C=C\C=C/CCCCCCCCCCCCC(=O)NC(CO)C(O)CCCCCCCCCCC. The van der Waals surface area contributed by atoms with Crippen LogP contribution in [0.4, 0.5) is 0 Å². The van der Waals surface area contributed by atoms with Crippen LogP contribution in [0.5, 0.6) is 0 Å². The summed E-state index contributed by atoms with van der Waals surface area (Å²) >= 11 is 0. The molecule has 2 atom stereocenters. The van der Waals surface area contributed by atoms with Crippen LogP contribution in [0.3, 0.4) is 0 Å². The molecule has 352 valence electrons. The first-order valence-corrected chi connectivity index (χ1v) is 26.3. The summed E-state index contributed by atoms with van der Waals surface area (Å²) in [5.41, 5.74) is 0. The summed E-state index contributed by atoms with van der Waals surface area (Å²) in [6, 6.07) is -0.547. The molecule has 0 bridgehead atoms. The predicted molar refractivity (Wildman–Crippen MR) is 259 cm³/mol. The fourth-order valence-electron chi connectivity index (χ4n) is 7.86. The molecular weight excluding hydrogens is 743 g/mol. The summed E-state index contributed by atoms with van der Waals surface area (Å²) in [4.78, 5) is 24.4. The second-order valence-corrected chi connectivity index (χ2v) is 17.9. The molecule has 1 amide bonds. The molecule has 0 aliphatic rings. The maximum atomic E-state index is 12.4. The summed E-state index contributed by atoms with van der Waals surface area (Å²) in [6.45, 7) is 4.87. The summed E-state index contributed by atoms with van der Waals surface area (Å²) in [6.07, 6.45) is 59.9. The van der Waals surface area contributed by atoms with E-state index in [1.807, 2.05) is 0 Å². The van der Waals surface area contributed by atoms with Crippen molar-refractivity contribution in [2.24, 2.45) is 0 Å². The van der Waals surface area contributed by atoms with E-state index in [4.69, 9.17) is 4.74 Å². The number of carbonyl (C=O) groups excluding carboxylic acids is 2. The van der Waals surface area contributed by atoms with Gasteiger partial charge in [-0.25, -0.2) is 0 Å². The van der Waals surface area contributed by atoms with Crippen LogP contribution in [-0.4, -0.2) is 47.4 Å². The molecule has 0 spiro atoms. The Bertz CT molecular complexity index is 977. The number of ether oxygens (including phenoxy) is 1. The van der Waals surface area contributed by atoms with Crippen LogP contribution in [0.25, 0.3) is 0 Å². The summed E-state index contributed by atoms with van der Waals surface area (Å²) < 4.78 is 5.44. The average molecular weight is 844 g/mol. The number of rotatable bonds is 48. The van der Waals surface area contributed by atoms with E-state index in [0.29, 0.717) is 25.9 Å². The van der Waals surface area contributed by atoms with Crippen LogP contribution in [0, 0.1) is 0 Å². The van der Waals surface area contributed by atoms with Crippen molar-refractivity contribution >= 4 is 11.9 Å². The molecule has 0 rings (SSSR count). The molecule has 0 aromatic rings. The van der Waals surface area contributed by atoms with Gasteiger partial charge >= 0.3 is 5.97 Å². The molecule has 0 saturated heterocycles. The van der Waals surface area contributed by atoms with Crippen LogP contribution in [0.1, 0.15) is 271 Å². The van der Waals surface area contributed by atoms with Crippen molar-refractivity contribution in [2.45, 2.75) is 283 Å². The van der Waals surface area contributed by atoms with Gasteiger partial charge in [-0.1, -0.05) is 211 Å². The Labute approximate surface area is 373 Å². The molecule has 6 heteroatoms. The highest BCUT2D eigenvalue weighted by molar-refractivity contribution is 5.76. The number of allylic oxidation sites excluding steroid dienone is 6. The summed E-state index contributed by atoms with van der Waals surface area (Å²) in [7, 11) is 0. The van der Waals surface area contributed by atoms with Crippen molar-refractivity contribution in [1.29, 1.82) is 0 Å². The van der Waals surface area contributed by atoms with Crippen molar-refractivity contribution in [3.05, 3.63) is 36.5 Å². The maximum Gasteiger partial charge on any atom is 0.305 e. The standard InChI is InChI=1S/C54H101NO5/c1-3-5-7-9-11-13-14-15-21-25-28-32-36-40-44-48-54(59)60-49-45-41-37-33-29-26-23-20-18-16-17-19-22-24-27-31-35-39-43-47-53(58)55-51(50-56)52(57)46-42-38-34-30-12-10-8-6-4-2/h15,20-21,23,26,29,51-52,56-57H,3-14,16-19,22,24-25,27-28,30-50H2,1-2H3,(H,55,58)/b21-15-,23-20-,29-26-. The zero-order chi connectivity index (χ0) is 43.7. The molecular formula is C54H101NO5. The van der Waals surface area contributed by atoms with Gasteiger partial charge in [0.1, 0.15) is 0 Å². The molecule has 6 nitrogen and oxygen atoms in total. The largest absolute Gasteiger partial charge is 0.466 e. The van der Waals surface area contributed by atoms with E-state index in [0.717, 1.165) is 70.6 Å². The molecule has 0 aliphatic carbocycles. The lowest BCUT2D eigenvalue weighted by molar-refractivity contribution is -0.143. The van der Waals surface area contributed by atoms with Crippen LogP contribution in [0.15, 0.2) is 36.5 Å². The van der Waals surface area contributed by atoms with Gasteiger partial charge in [0.15, 0.2) is 0 Å². The van der Waals surface area contributed by atoms with Crippen LogP contribution in [-0.2, 0) is 14.3 Å². The Morgan fingerprint density at radius 1 is 0.467 bits per heavy atom. The van der Waals surface area contributed by atoms with Gasteiger partial charge in [-0.3, -0.25) is 9.59 Å². The number of aliphatic hydroxyl groups is 2. The van der Waals surface area contributed by atoms with Crippen molar-refractivity contribution in [1.82, 2.24) is 5.32 Å². The normalized spacial score (nSPS) is 12.9. The van der Waals surface area contributed by atoms with E-state index in [-0.39, 0.29) is 18.5 Å². The number of nitrogens with one attached hydrogen (secondary N) is 1. The molecule has 3 N–H and O–H groups in total. The minimum Gasteiger partial charge on any atom is -0.466 e. The predicted octanol–water partition coefficient (Wildman–Crippen LogP) is 15.7. The molecule has 0 saturated carbocycles. The van der Waals surface area contributed by atoms with E-state index in [1.165, 1.54) is 167 Å². The fraction of sp³-hybridized carbons (Fsp3) is 0.852. The van der Waals surface area contributed by atoms with Gasteiger partial charge < -0.3 is 20.3 Å². The van der Waals surface area contributed by atoms with Crippen LogP contribution in [0.2, 0.25) is 0 Å². The Morgan fingerprint density at radius 2 is 0.833 bits per heavy atom. The van der Waals surface area contributed by atoms with E-state index < -0.39 is 12.1 Å². The number of carbonyl (C=O) groups is 2. The summed E-state index contributed by atoms with van der Waals surface area (Å²) in [5.74, 6) is -0.0703. The quantitative estimate of drug-likeness (QED) is 0.0245. The minimum absolute atomic E-state index is 0.0220. The lowest BCUT2D eigenvalue weighted by Crippen LogP contribution is -2.45. The third kappa shape index (κ3) is 45.6. The first kappa shape index (κ1) is 58.1. The Hall–Kier alpha value is -1.92. The van der Waals surface area contributed by atoms with Gasteiger partial charge in [0.2, 0.25) is 5.91 Å². The van der Waals surface area contributed by atoms with Gasteiger partial charge in [-0.05, 0) is 83.5 Å². The highest BCUT2D eigenvalue weighted by atomic mass is 16.5. The maximum absolute atomic E-state index is 12.4. The number of unbranched alkanes of at least 4 members (excludes halogenated alkanes) is 32. The topological polar surface area (TPSA) is 95.9 Å². The molecule has 0 radical (unpaired) electrons. The van der Waals surface area contributed by atoms with Gasteiger partial charge in [0.05, 0.1) is 25.4 Å². The minimum atomic E-state index is -0.669. The number of hydrogen-bond acceptors (Lipinski definition) is 5. The number of aliphatic hydroxyl groups excluding tert-OH is 2. The van der Waals surface area contributed by atoms with Crippen molar-refractivity contribution in [2.75, 3.05) is 13.2 Å². The van der Waals surface area contributed by atoms with Crippen molar-refractivity contribution in [3.8, 4) is 0 Å². The highest BCUT2D eigenvalue weighted by Gasteiger charge is 2.20. The van der Waals surface area contributed by atoms with E-state index >= 15 is 0 Å². The number of hydrogen-bond donors (Lipinski definition) is 3. The van der Waals surface area contributed by atoms with E-state index in [2.05, 4.69) is 55.6 Å². The zero-order valence-electron chi connectivity index (χ0n) is 39.9. The lowest BCUT2D eigenvalue weighted by atomic mass is 10.0. The fourth-order valence-corrected chi connectivity index (χ4v) is 7.86. The highest BCUT2D eigenvalue weighted by Crippen LogP contribution is 2.15. The lowest BCUT2D eigenvalue weighted by Gasteiger charge is -2.22. The molecule has 60 heavy (non-hydrogen) atoms. The Balaban J connectivity index is 3.47. The molecule has 0 fully saturated rings. The van der Waals surface area contributed by atoms with Crippen molar-refractivity contribution < 1.29 is 24.5 Å². The molecule has 0 aromatic heterocycles. The van der Waals surface area contributed by atoms with E-state index in [1.54, 1.807) is 0 Å². The van der Waals surface area contributed by atoms with Crippen LogP contribution >= 0.6 is 0 Å². The number of amides is 1. The van der Waals surface area contributed by atoms with Gasteiger partial charge in [0.25, 0.3) is 0 Å². The Kier molecular flexibility index (Phi) is 48.1. The third-order valence-electron chi connectivity index (χ3n) is 11.9. The second kappa shape index (κ2) is 49.7. The van der Waals surface area contributed by atoms with Gasteiger partial charge in [-0.2, -0.15) is 0 Å². The van der Waals surface area contributed by atoms with Gasteiger partial charge in [-0.15, -0.1) is 0 Å². The third-order valence-corrected chi connectivity index (χ3v) is 11.9. The second-order valence-electron chi connectivity index (χ2n) is 17.9. The first-order valence-electron chi connectivity index (χ1n) is 26.3. The monoisotopic (exact) mass is 844 g/mol. The smallest absolute Gasteiger partial charge is 0.305 e. The van der Waals surface area contributed by atoms with Crippen LogP contribution < -0.4 is 5.32 Å². The average Bonchev–Trinajstić information content (AvgIpc) is 3.25. The molecule has 0 heterocycles. The van der Waals surface area contributed by atoms with E-state index in [9.17, 15) is 19.8 Å². The molecule has 0 aliphatic heterocycles. The van der Waals surface area contributed by atoms with Crippen molar-refractivity contribution in [3.63, 3.8) is 0 Å². The zero-order valence-corrected chi connectivity index (χ0v) is 39.9. The van der Waals surface area contributed by atoms with Gasteiger partial charge in [0, 0.05) is 12.8 Å².